The fraction of sp³-hybridized carbons (Fsp3) is 0. The average molecular weight is 849 g/mol. The normalized spacial score (nSPS) is 14.1. The van der Waals surface area contributed by atoms with Crippen LogP contribution in [0, 0.1) is 0 Å². The van der Waals surface area contributed by atoms with Gasteiger partial charge in [0.05, 0.1) is 0 Å². The molecule has 0 aromatic heterocycles. The lowest BCUT2D eigenvalue weighted by molar-refractivity contribution is 1.25. The molecule has 2 aliphatic rings. The van der Waals surface area contributed by atoms with Gasteiger partial charge in [0, 0.05) is 34.1 Å². The van der Waals surface area contributed by atoms with E-state index in [4.69, 9.17) is 0 Å². The summed E-state index contributed by atoms with van der Waals surface area (Å²) in [5.41, 5.74) is 9.46. The van der Waals surface area contributed by atoms with E-state index in [1.54, 1.807) is 0 Å². The molecule has 4 heteroatoms. The van der Waals surface area contributed by atoms with Crippen LogP contribution in [0.15, 0.2) is 267 Å². The van der Waals surface area contributed by atoms with Gasteiger partial charge >= 0.3 is 0 Å². The van der Waals surface area contributed by atoms with E-state index in [0.29, 0.717) is 0 Å². The van der Waals surface area contributed by atoms with Crippen molar-refractivity contribution in [2.24, 2.45) is 0 Å². The standard InChI is InChI=1S/C60H44N2Si2/c1-6-24-45(25-7-1)46-42-47(61-53-34-16-20-38-57(53)63(49-26-8-2-9-27-49,50-28-10-3-11-29-50)58-39-21-17-35-54(58)61)44-48(43-46)62-55-36-18-22-40-59(55)64(51-30-12-4-13-31-51,52-32-14-5-15-33-52)60-41-23-19-37-56(60)62/h1-44H. The van der Waals surface area contributed by atoms with E-state index in [2.05, 4.69) is 277 Å². The average Bonchev–Trinajstić information content (AvgIpc) is 3.38. The van der Waals surface area contributed by atoms with Gasteiger partial charge in [-0.15, -0.1) is 0 Å². The molecule has 2 aliphatic heterocycles. The van der Waals surface area contributed by atoms with E-state index in [0.717, 1.165) is 11.4 Å². The van der Waals surface area contributed by atoms with Crippen molar-refractivity contribution in [3.63, 3.8) is 0 Å². The predicted octanol–water partition coefficient (Wildman–Crippen LogP) is 9.67. The van der Waals surface area contributed by atoms with Gasteiger partial charge in [-0.25, -0.2) is 0 Å². The molecule has 302 valence electrons. The molecule has 12 rings (SSSR count). The lowest BCUT2D eigenvalue weighted by Gasteiger charge is -2.46. The molecule has 0 aliphatic carbocycles. The monoisotopic (exact) mass is 848 g/mol. The molecule has 0 N–H and O–H groups in total. The number of anilines is 6. The van der Waals surface area contributed by atoms with E-state index < -0.39 is 16.1 Å². The van der Waals surface area contributed by atoms with Crippen molar-refractivity contribution in [1.82, 2.24) is 0 Å². The number of nitrogens with zero attached hydrogens (tertiary/aromatic N) is 2. The zero-order valence-electron chi connectivity index (χ0n) is 35.3. The second kappa shape index (κ2) is 15.5. The Kier molecular flexibility index (Phi) is 9.22. The Morgan fingerprint density at radius 3 is 0.766 bits per heavy atom. The lowest BCUT2D eigenvalue weighted by Crippen LogP contribution is -2.77. The number of rotatable bonds is 7. The SMILES string of the molecule is c1ccc(-c2cc(N3c4ccccc4[Si](c4ccccc4)(c4ccccc4)c4ccccc43)cc(N3c4ccccc4[Si](c4ccccc4)(c4ccccc4)c4ccccc43)c2)cc1. The highest BCUT2D eigenvalue weighted by molar-refractivity contribution is 7.22. The molecule has 2 heterocycles. The summed E-state index contributed by atoms with van der Waals surface area (Å²) >= 11 is 0. The van der Waals surface area contributed by atoms with Crippen LogP contribution < -0.4 is 51.3 Å². The molecule has 0 saturated carbocycles. The maximum atomic E-state index is 2.55. The first-order valence-electron chi connectivity index (χ1n) is 22.2. The summed E-state index contributed by atoms with van der Waals surface area (Å²) in [7, 11) is -5.59. The Labute approximate surface area is 377 Å². The van der Waals surface area contributed by atoms with Gasteiger partial charge in [0.25, 0.3) is 0 Å². The van der Waals surface area contributed by atoms with Gasteiger partial charge in [0.15, 0.2) is 16.1 Å². The molecule has 0 saturated heterocycles. The van der Waals surface area contributed by atoms with Gasteiger partial charge in [-0.2, -0.15) is 0 Å². The predicted molar refractivity (Wildman–Crippen MR) is 276 cm³/mol. The molecule has 0 fully saturated rings. The summed E-state index contributed by atoms with van der Waals surface area (Å²) in [6.45, 7) is 0. The van der Waals surface area contributed by atoms with Crippen molar-refractivity contribution >= 4 is 91.8 Å². The van der Waals surface area contributed by atoms with Crippen LogP contribution in [0.4, 0.5) is 34.1 Å². The van der Waals surface area contributed by atoms with Gasteiger partial charge in [-0.1, -0.05) is 224 Å². The van der Waals surface area contributed by atoms with Crippen molar-refractivity contribution in [3.05, 3.63) is 267 Å². The van der Waals surface area contributed by atoms with Crippen molar-refractivity contribution in [2.75, 3.05) is 9.80 Å². The van der Waals surface area contributed by atoms with Gasteiger partial charge < -0.3 is 9.80 Å². The van der Waals surface area contributed by atoms with E-state index in [-0.39, 0.29) is 0 Å². The summed E-state index contributed by atoms with van der Waals surface area (Å²) in [6.07, 6.45) is 0. The zero-order valence-corrected chi connectivity index (χ0v) is 37.3. The molecule has 2 nitrogen and oxygen atoms in total. The summed E-state index contributed by atoms with van der Waals surface area (Å²) in [6, 6.07) is 100. The van der Waals surface area contributed by atoms with Gasteiger partial charge in [0.2, 0.25) is 0 Å². The number of hydrogen-bond acceptors (Lipinski definition) is 2. The molecule has 0 radical (unpaired) electrons. The minimum absolute atomic E-state index is 1.12. The van der Waals surface area contributed by atoms with Crippen molar-refractivity contribution in [1.29, 1.82) is 0 Å². The third-order valence-corrected chi connectivity index (χ3v) is 23.3. The highest BCUT2D eigenvalue weighted by Gasteiger charge is 2.50. The number of fused-ring (bicyclic) bond motifs is 4. The van der Waals surface area contributed by atoms with Crippen LogP contribution in [0.1, 0.15) is 0 Å². The molecule has 0 atom stereocenters. The first-order valence-corrected chi connectivity index (χ1v) is 26.2. The second-order valence-electron chi connectivity index (χ2n) is 16.8. The van der Waals surface area contributed by atoms with Gasteiger partial charge in [-0.3, -0.25) is 0 Å². The maximum Gasteiger partial charge on any atom is 0.184 e. The number of para-hydroxylation sites is 4. The third-order valence-electron chi connectivity index (χ3n) is 13.5. The second-order valence-corrected chi connectivity index (χ2v) is 24.3. The highest BCUT2D eigenvalue weighted by atomic mass is 28.3. The Balaban J connectivity index is 1.14. The quantitative estimate of drug-likeness (QED) is 0.148. The molecule has 0 amide bonds. The minimum Gasteiger partial charge on any atom is -0.311 e. The summed E-state index contributed by atoms with van der Waals surface area (Å²) < 4.78 is 0. The topological polar surface area (TPSA) is 6.48 Å². The Morgan fingerprint density at radius 2 is 0.469 bits per heavy atom. The van der Waals surface area contributed by atoms with Crippen LogP contribution in [0.3, 0.4) is 0 Å². The molecular weight excluding hydrogens is 805 g/mol. The number of hydrogen-bond donors (Lipinski definition) is 0. The summed E-state index contributed by atoms with van der Waals surface area (Å²) in [4.78, 5) is 5.10. The van der Waals surface area contributed by atoms with Crippen LogP contribution in [-0.2, 0) is 0 Å². The molecule has 10 aromatic rings. The van der Waals surface area contributed by atoms with Crippen LogP contribution in [0.25, 0.3) is 11.1 Å². The lowest BCUT2D eigenvalue weighted by atomic mass is 10.0. The maximum absolute atomic E-state index is 2.80. The largest absolute Gasteiger partial charge is 0.311 e. The third kappa shape index (κ3) is 5.70. The van der Waals surface area contributed by atoms with Crippen LogP contribution >= 0.6 is 0 Å². The molecule has 0 unspecified atom stereocenters. The van der Waals surface area contributed by atoms with Crippen molar-refractivity contribution in [3.8, 4) is 11.1 Å². The fourth-order valence-corrected chi connectivity index (χ4v) is 21.2. The summed E-state index contributed by atoms with van der Waals surface area (Å²) in [5, 5.41) is 11.0. The smallest absolute Gasteiger partial charge is 0.184 e. The van der Waals surface area contributed by atoms with Crippen LogP contribution in [0.5, 0.6) is 0 Å². The van der Waals surface area contributed by atoms with Crippen molar-refractivity contribution in [2.45, 2.75) is 0 Å². The van der Waals surface area contributed by atoms with Crippen LogP contribution in [-0.4, -0.2) is 16.1 Å². The molecule has 0 spiro atoms. The van der Waals surface area contributed by atoms with E-state index in [1.165, 1.54) is 75.4 Å². The van der Waals surface area contributed by atoms with E-state index >= 15 is 0 Å². The van der Waals surface area contributed by atoms with Gasteiger partial charge in [0.1, 0.15) is 0 Å². The molecule has 0 bridgehead atoms. The fourth-order valence-electron chi connectivity index (χ4n) is 11.0. The Bertz CT molecular complexity index is 2910. The number of benzene rings is 10. The van der Waals surface area contributed by atoms with E-state index in [1.807, 2.05) is 0 Å². The molecular formula is C60H44N2Si2. The first-order chi connectivity index (χ1) is 31.8. The highest BCUT2D eigenvalue weighted by Crippen LogP contribution is 2.45. The molecule has 64 heavy (non-hydrogen) atoms. The Morgan fingerprint density at radius 1 is 0.219 bits per heavy atom. The summed E-state index contributed by atoms with van der Waals surface area (Å²) in [5.74, 6) is 0. The minimum atomic E-state index is -2.80. The van der Waals surface area contributed by atoms with Gasteiger partial charge in [-0.05, 0) is 95.1 Å². The Hall–Kier alpha value is -7.77. The zero-order chi connectivity index (χ0) is 42.5. The van der Waals surface area contributed by atoms with Crippen LogP contribution in [0.2, 0.25) is 0 Å². The molecule has 10 aromatic carbocycles. The van der Waals surface area contributed by atoms with E-state index in [9.17, 15) is 0 Å². The van der Waals surface area contributed by atoms with Crippen molar-refractivity contribution < 1.29 is 0 Å². The first kappa shape index (κ1) is 38.0.